The van der Waals surface area contributed by atoms with Gasteiger partial charge >= 0.3 is 0 Å². The Labute approximate surface area is 138 Å². The highest BCUT2D eigenvalue weighted by Crippen LogP contribution is 2.13. The smallest absolute Gasteiger partial charge is 0.258 e. The number of pyridine rings is 1. The van der Waals surface area contributed by atoms with Gasteiger partial charge in [0.05, 0.1) is 6.04 Å². The van der Waals surface area contributed by atoms with Crippen molar-refractivity contribution in [1.29, 1.82) is 0 Å². The maximum atomic E-state index is 12.9. The average Bonchev–Trinajstić information content (AvgIpc) is 2.58. The highest BCUT2D eigenvalue weighted by Gasteiger charge is 2.11. The molecule has 0 aliphatic rings. The van der Waals surface area contributed by atoms with Gasteiger partial charge in [0.2, 0.25) is 5.91 Å². The first-order valence-electron chi connectivity index (χ1n) is 7.67. The Hall–Kier alpha value is -2.95. The van der Waals surface area contributed by atoms with E-state index in [0.29, 0.717) is 5.39 Å². The highest BCUT2D eigenvalue weighted by molar-refractivity contribution is 5.82. The molecule has 0 bridgehead atoms. The lowest BCUT2D eigenvalue weighted by Gasteiger charge is -2.15. The third-order valence-electron chi connectivity index (χ3n) is 3.95. The minimum absolute atomic E-state index is 0.0603. The van der Waals surface area contributed by atoms with Gasteiger partial charge in [-0.2, -0.15) is 0 Å². The van der Waals surface area contributed by atoms with E-state index >= 15 is 0 Å². The first-order chi connectivity index (χ1) is 11.5. The van der Waals surface area contributed by atoms with Crippen LogP contribution in [0.2, 0.25) is 0 Å². The molecule has 0 radical (unpaired) electrons. The molecule has 0 fully saturated rings. The monoisotopic (exact) mass is 324 g/mol. The molecule has 4 nitrogen and oxygen atoms in total. The summed E-state index contributed by atoms with van der Waals surface area (Å²) in [5, 5.41) is 4.25. The number of rotatable bonds is 4. The predicted molar refractivity (Wildman–Crippen MR) is 91.2 cm³/mol. The summed E-state index contributed by atoms with van der Waals surface area (Å²) in [7, 11) is 0. The second-order valence-electron chi connectivity index (χ2n) is 5.68. The van der Waals surface area contributed by atoms with E-state index in [9.17, 15) is 14.0 Å². The molecule has 1 N–H and O–H groups in total. The van der Waals surface area contributed by atoms with Crippen LogP contribution in [0.25, 0.3) is 10.8 Å². The Bertz CT molecular complexity index is 932. The summed E-state index contributed by atoms with van der Waals surface area (Å²) >= 11 is 0. The van der Waals surface area contributed by atoms with Crippen LogP contribution in [0.3, 0.4) is 0 Å². The lowest BCUT2D eigenvalue weighted by atomic mass is 10.1. The third-order valence-corrected chi connectivity index (χ3v) is 3.95. The number of hydrogen-bond acceptors (Lipinski definition) is 2. The fraction of sp³-hybridized carbons (Fsp3) is 0.158. The predicted octanol–water partition coefficient (Wildman–Crippen LogP) is 3.02. The Morgan fingerprint density at radius 2 is 1.83 bits per heavy atom. The van der Waals surface area contributed by atoms with Gasteiger partial charge in [-0.1, -0.05) is 30.3 Å². The summed E-state index contributed by atoms with van der Waals surface area (Å²) in [4.78, 5) is 24.6. The van der Waals surface area contributed by atoms with Crippen molar-refractivity contribution < 1.29 is 9.18 Å². The van der Waals surface area contributed by atoms with E-state index in [4.69, 9.17) is 0 Å². The molecule has 0 spiro atoms. The molecule has 5 heteroatoms. The van der Waals surface area contributed by atoms with E-state index in [0.717, 1.165) is 10.9 Å². The highest BCUT2D eigenvalue weighted by atomic mass is 19.1. The number of carbonyl (C=O) groups excluding carboxylic acids is 1. The first kappa shape index (κ1) is 15.9. The number of benzene rings is 2. The molecule has 122 valence electrons. The number of hydrogen-bond donors (Lipinski definition) is 1. The number of carbonyl (C=O) groups is 1. The van der Waals surface area contributed by atoms with E-state index in [1.165, 1.54) is 16.7 Å². The normalized spacial score (nSPS) is 12.1. The number of fused-ring (bicyclic) bond motifs is 1. The molecule has 0 aliphatic heterocycles. The van der Waals surface area contributed by atoms with E-state index < -0.39 is 0 Å². The van der Waals surface area contributed by atoms with Crippen molar-refractivity contribution in [3.8, 4) is 0 Å². The second-order valence-corrected chi connectivity index (χ2v) is 5.68. The molecule has 3 rings (SSSR count). The van der Waals surface area contributed by atoms with Gasteiger partial charge in [0, 0.05) is 11.6 Å². The van der Waals surface area contributed by atoms with Gasteiger partial charge in [0.1, 0.15) is 12.4 Å². The Balaban J connectivity index is 1.74. The average molecular weight is 324 g/mol. The summed E-state index contributed by atoms with van der Waals surface area (Å²) in [6.07, 6.45) is 1.62. The third kappa shape index (κ3) is 3.35. The van der Waals surface area contributed by atoms with Crippen LogP contribution in [-0.2, 0) is 11.3 Å². The minimum atomic E-state index is -0.319. The van der Waals surface area contributed by atoms with E-state index in [1.54, 1.807) is 30.5 Å². The van der Waals surface area contributed by atoms with Crippen molar-refractivity contribution in [2.24, 2.45) is 0 Å². The van der Waals surface area contributed by atoms with Crippen LogP contribution in [0.5, 0.6) is 0 Å². The molecule has 1 aromatic heterocycles. The summed E-state index contributed by atoms with van der Waals surface area (Å²) in [6, 6.07) is 14.8. The number of nitrogens with one attached hydrogen (secondary N) is 1. The van der Waals surface area contributed by atoms with Crippen molar-refractivity contribution in [3.05, 3.63) is 82.5 Å². The largest absolute Gasteiger partial charge is 0.348 e. The van der Waals surface area contributed by atoms with E-state index in [-0.39, 0.29) is 29.9 Å². The van der Waals surface area contributed by atoms with Crippen LogP contribution >= 0.6 is 0 Å². The number of halogens is 1. The van der Waals surface area contributed by atoms with E-state index in [2.05, 4.69) is 5.32 Å². The van der Waals surface area contributed by atoms with Gasteiger partial charge in [0.25, 0.3) is 5.56 Å². The first-order valence-corrected chi connectivity index (χ1v) is 7.67. The summed E-state index contributed by atoms with van der Waals surface area (Å²) in [6.45, 7) is 1.75. The van der Waals surface area contributed by atoms with Gasteiger partial charge in [-0.15, -0.1) is 0 Å². The van der Waals surface area contributed by atoms with Crippen LogP contribution in [0.1, 0.15) is 18.5 Å². The fourth-order valence-corrected chi connectivity index (χ4v) is 2.63. The molecular formula is C19H17FN2O2. The number of aromatic nitrogens is 1. The summed E-state index contributed by atoms with van der Waals surface area (Å²) in [5.41, 5.74) is 0.605. The zero-order chi connectivity index (χ0) is 17.1. The lowest BCUT2D eigenvalue weighted by Crippen LogP contribution is -2.33. The minimum Gasteiger partial charge on any atom is -0.348 e. The fourth-order valence-electron chi connectivity index (χ4n) is 2.63. The standard InChI is InChI=1S/C19H17FN2O2/c1-13(14-6-8-16(20)9-7-14)21-18(23)12-22-11-10-15-4-2-3-5-17(15)19(22)24/h2-11,13H,12H2,1H3,(H,21,23). The number of nitrogens with zero attached hydrogens (tertiary/aromatic N) is 1. The van der Waals surface area contributed by atoms with Gasteiger partial charge in [-0.05, 0) is 42.1 Å². The molecule has 0 saturated carbocycles. The molecule has 24 heavy (non-hydrogen) atoms. The van der Waals surface area contributed by atoms with Gasteiger partial charge in [-0.3, -0.25) is 9.59 Å². The molecule has 2 aromatic carbocycles. The lowest BCUT2D eigenvalue weighted by molar-refractivity contribution is -0.122. The second kappa shape index (κ2) is 6.66. The molecule has 1 amide bonds. The Morgan fingerprint density at radius 3 is 2.58 bits per heavy atom. The molecule has 1 atom stereocenters. The van der Waals surface area contributed by atoms with Crippen LogP contribution in [0.4, 0.5) is 4.39 Å². The maximum Gasteiger partial charge on any atom is 0.258 e. The number of amides is 1. The molecule has 3 aromatic rings. The summed E-state index contributed by atoms with van der Waals surface area (Å²) in [5.74, 6) is -0.593. The van der Waals surface area contributed by atoms with Crippen molar-refractivity contribution in [2.45, 2.75) is 19.5 Å². The molecular weight excluding hydrogens is 307 g/mol. The van der Waals surface area contributed by atoms with Crippen LogP contribution in [0, 0.1) is 5.82 Å². The molecule has 1 heterocycles. The molecule has 0 aliphatic carbocycles. The van der Waals surface area contributed by atoms with E-state index in [1.807, 2.05) is 25.1 Å². The SMILES string of the molecule is CC(NC(=O)Cn1ccc2ccccc2c1=O)c1ccc(F)cc1. The van der Waals surface area contributed by atoms with Crippen molar-refractivity contribution in [1.82, 2.24) is 9.88 Å². The van der Waals surface area contributed by atoms with Crippen LogP contribution < -0.4 is 10.9 Å². The van der Waals surface area contributed by atoms with Gasteiger partial charge in [0.15, 0.2) is 0 Å². The Kier molecular flexibility index (Phi) is 4.42. The Morgan fingerprint density at radius 1 is 1.12 bits per heavy atom. The van der Waals surface area contributed by atoms with Crippen molar-refractivity contribution in [3.63, 3.8) is 0 Å². The zero-order valence-corrected chi connectivity index (χ0v) is 13.2. The molecule has 1 unspecified atom stereocenters. The van der Waals surface area contributed by atoms with Crippen molar-refractivity contribution >= 4 is 16.7 Å². The van der Waals surface area contributed by atoms with Gasteiger partial charge < -0.3 is 9.88 Å². The van der Waals surface area contributed by atoms with Crippen molar-refractivity contribution in [2.75, 3.05) is 0 Å². The van der Waals surface area contributed by atoms with Crippen LogP contribution in [-0.4, -0.2) is 10.5 Å². The van der Waals surface area contributed by atoms with Crippen LogP contribution in [0.15, 0.2) is 65.6 Å². The topological polar surface area (TPSA) is 51.1 Å². The quantitative estimate of drug-likeness (QED) is 0.802. The zero-order valence-electron chi connectivity index (χ0n) is 13.2. The van der Waals surface area contributed by atoms with Gasteiger partial charge in [-0.25, -0.2) is 4.39 Å². The molecule has 0 saturated heterocycles. The maximum absolute atomic E-state index is 12.9. The summed E-state index contributed by atoms with van der Waals surface area (Å²) < 4.78 is 14.3.